The molecule has 0 aromatic heterocycles. The maximum Gasteiger partial charge on any atom is 0.162 e. The predicted molar refractivity (Wildman–Crippen MR) is 66.8 cm³/mol. The molecule has 96 valence electrons. The number of benzene rings is 1. The molecule has 0 spiro atoms. The van der Waals surface area contributed by atoms with Crippen molar-refractivity contribution in [3.05, 3.63) is 23.8 Å². The van der Waals surface area contributed by atoms with Gasteiger partial charge >= 0.3 is 0 Å². The van der Waals surface area contributed by atoms with Crippen LogP contribution in [-0.2, 0) is 4.74 Å². The Labute approximate surface area is 107 Å². The van der Waals surface area contributed by atoms with Gasteiger partial charge in [0.1, 0.15) is 6.61 Å². The van der Waals surface area contributed by atoms with Crippen molar-refractivity contribution < 1.29 is 14.2 Å². The van der Waals surface area contributed by atoms with E-state index in [2.05, 4.69) is 6.07 Å². The summed E-state index contributed by atoms with van der Waals surface area (Å²) in [6, 6.07) is 7.30. The van der Waals surface area contributed by atoms with E-state index < -0.39 is 0 Å². The average molecular weight is 247 g/mol. The molecular formula is C14H17NO3. The van der Waals surface area contributed by atoms with Gasteiger partial charge in [0.25, 0.3) is 0 Å². The first-order chi connectivity index (χ1) is 8.83. The van der Waals surface area contributed by atoms with E-state index in [1.165, 1.54) is 0 Å². The lowest BCUT2D eigenvalue weighted by Gasteiger charge is -2.14. The van der Waals surface area contributed by atoms with Crippen LogP contribution in [-0.4, -0.2) is 25.9 Å². The molecule has 1 fully saturated rings. The van der Waals surface area contributed by atoms with Crippen LogP contribution in [0.1, 0.15) is 25.3 Å². The molecule has 0 N–H and O–H groups in total. The molecule has 0 aliphatic carbocycles. The van der Waals surface area contributed by atoms with E-state index in [0.717, 1.165) is 19.4 Å². The summed E-state index contributed by atoms with van der Waals surface area (Å²) in [6.45, 7) is 3.81. The number of hydrogen-bond donors (Lipinski definition) is 0. The number of nitriles is 1. The Balaban J connectivity index is 2.03. The van der Waals surface area contributed by atoms with Gasteiger partial charge in [0.05, 0.1) is 24.3 Å². The molecule has 2 rings (SSSR count). The fourth-order valence-corrected chi connectivity index (χ4v) is 1.92. The van der Waals surface area contributed by atoms with Crippen LogP contribution >= 0.6 is 0 Å². The summed E-state index contributed by atoms with van der Waals surface area (Å²) in [5, 5.41) is 8.86. The van der Waals surface area contributed by atoms with Gasteiger partial charge in [-0.05, 0) is 31.9 Å². The molecule has 4 heteroatoms. The van der Waals surface area contributed by atoms with Crippen molar-refractivity contribution in [1.29, 1.82) is 5.26 Å². The maximum absolute atomic E-state index is 8.86. The molecule has 1 saturated heterocycles. The molecule has 0 bridgehead atoms. The first-order valence-electron chi connectivity index (χ1n) is 6.25. The van der Waals surface area contributed by atoms with Gasteiger partial charge in [-0.3, -0.25) is 0 Å². The summed E-state index contributed by atoms with van der Waals surface area (Å²) in [5.74, 6) is 1.29. The predicted octanol–water partition coefficient (Wildman–Crippen LogP) is 2.51. The van der Waals surface area contributed by atoms with E-state index in [0.29, 0.717) is 30.3 Å². The molecular weight excluding hydrogens is 230 g/mol. The van der Waals surface area contributed by atoms with E-state index in [-0.39, 0.29) is 6.10 Å². The van der Waals surface area contributed by atoms with Crippen LogP contribution in [0.15, 0.2) is 18.2 Å². The van der Waals surface area contributed by atoms with Crippen LogP contribution < -0.4 is 9.47 Å². The van der Waals surface area contributed by atoms with Crippen molar-refractivity contribution in [3.63, 3.8) is 0 Å². The molecule has 1 aromatic rings. The summed E-state index contributed by atoms with van der Waals surface area (Å²) in [6.07, 6.45) is 2.31. The number of ether oxygens (including phenoxy) is 3. The van der Waals surface area contributed by atoms with Crippen molar-refractivity contribution in [1.82, 2.24) is 0 Å². The lowest BCUT2D eigenvalue weighted by atomic mass is 10.2. The van der Waals surface area contributed by atoms with Crippen LogP contribution in [0.25, 0.3) is 0 Å². The van der Waals surface area contributed by atoms with Gasteiger partial charge in [-0.25, -0.2) is 0 Å². The quantitative estimate of drug-likeness (QED) is 0.802. The number of nitrogens with zero attached hydrogens (tertiary/aromatic N) is 1. The van der Waals surface area contributed by atoms with Crippen molar-refractivity contribution >= 4 is 0 Å². The molecule has 4 nitrogen and oxygen atoms in total. The second kappa shape index (κ2) is 6.27. The largest absolute Gasteiger partial charge is 0.490 e. The standard InChI is InChI=1S/C14H17NO3/c1-2-16-14-8-11(9-15)5-6-13(14)18-10-12-4-3-7-17-12/h5-6,8,12H,2-4,7,10H2,1H3. The lowest BCUT2D eigenvalue weighted by molar-refractivity contribution is 0.0667. The van der Waals surface area contributed by atoms with Crippen LogP contribution in [0.3, 0.4) is 0 Å². The highest BCUT2D eigenvalue weighted by atomic mass is 16.5. The second-order valence-electron chi connectivity index (χ2n) is 4.15. The zero-order valence-corrected chi connectivity index (χ0v) is 10.5. The van der Waals surface area contributed by atoms with Crippen LogP contribution in [0.5, 0.6) is 11.5 Å². The summed E-state index contributed by atoms with van der Waals surface area (Å²) >= 11 is 0. The highest BCUT2D eigenvalue weighted by Gasteiger charge is 2.17. The molecule has 1 aliphatic heterocycles. The molecule has 1 unspecified atom stereocenters. The van der Waals surface area contributed by atoms with Gasteiger partial charge in [-0.2, -0.15) is 5.26 Å². The third-order valence-corrected chi connectivity index (χ3v) is 2.82. The maximum atomic E-state index is 8.86. The van der Waals surface area contributed by atoms with E-state index in [1.54, 1.807) is 18.2 Å². The minimum absolute atomic E-state index is 0.176. The molecule has 1 heterocycles. The van der Waals surface area contributed by atoms with Gasteiger partial charge in [-0.15, -0.1) is 0 Å². The van der Waals surface area contributed by atoms with E-state index in [1.807, 2.05) is 6.92 Å². The highest BCUT2D eigenvalue weighted by Crippen LogP contribution is 2.29. The normalized spacial score (nSPS) is 18.3. The zero-order valence-electron chi connectivity index (χ0n) is 10.5. The fourth-order valence-electron chi connectivity index (χ4n) is 1.92. The summed E-state index contributed by atoms with van der Waals surface area (Å²) < 4.78 is 16.7. The Morgan fingerprint density at radius 3 is 2.94 bits per heavy atom. The minimum Gasteiger partial charge on any atom is -0.490 e. The minimum atomic E-state index is 0.176. The van der Waals surface area contributed by atoms with E-state index >= 15 is 0 Å². The van der Waals surface area contributed by atoms with Crippen molar-refractivity contribution in [2.75, 3.05) is 19.8 Å². The average Bonchev–Trinajstić information content (AvgIpc) is 2.90. The summed E-state index contributed by atoms with van der Waals surface area (Å²) in [7, 11) is 0. The monoisotopic (exact) mass is 247 g/mol. The fraction of sp³-hybridized carbons (Fsp3) is 0.500. The number of rotatable bonds is 5. The van der Waals surface area contributed by atoms with Gasteiger partial charge < -0.3 is 14.2 Å². The van der Waals surface area contributed by atoms with Gasteiger partial charge in [0.15, 0.2) is 11.5 Å². The Morgan fingerprint density at radius 1 is 1.39 bits per heavy atom. The Kier molecular flexibility index (Phi) is 4.43. The first-order valence-corrected chi connectivity index (χ1v) is 6.25. The molecule has 1 atom stereocenters. The SMILES string of the molecule is CCOc1cc(C#N)ccc1OCC1CCCO1. The van der Waals surface area contributed by atoms with Crippen LogP contribution in [0.4, 0.5) is 0 Å². The second-order valence-corrected chi connectivity index (χ2v) is 4.15. The third kappa shape index (κ3) is 3.14. The molecule has 1 aromatic carbocycles. The molecule has 0 amide bonds. The topological polar surface area (TPSA) is 51.5 Å². The highest BCUT2D eigenvalue weighted by molar-refractivity contribution is 5.46. The molecule has 0 saturated carbocycles. The lowest BCUT2D eigenvalue weighted by Crippen LogP contribution is -2.16. The van der Waals surface area contributed by atoms with Gasteiger partial charge in [-0.1, -0.05) is 0 Å². The molecule has 1 aliphatic rings. The first kappa shape index (κ1) is 12.7. The van der Waals surface area contributed by atoms with Crippen molar-refractivity contribution in [3.8, 4) is 17.6 Å². The van der Waals surface area contributed by atoms with Crippen LogP contribution in [0, 0.1) is 11.3 Å². The Morgan fingerprint density at radius 2 is 2.28 bits per heavy atom. The van der Waals surface area contributed by atoms with Crippen LogP contribution in [0.2, 0.25) is 0 Å². The zero-order chi connectivity index (χ0) is 12.8. The van der Waals surface area contributed by atoms with E-state index in [4.69, 9.17) is 19.5 Å². The molecule has 18 heavy (non-hydrogen) atoms. The molecule has 0 radical (unpaired) electrons. The Bertz CT molecular complexity index is 433. The third-order valence-electron chi connectivity index (χ3n) is 2.82. The smallest absolute Gasteiger partial charge is 0.162 e. The summed E-state index contributed by atoms with van der Waals surface area (Å²) in [5.41, 5.74) is 0.572. The summed E-state index contributed by atoms with van der Waals surface area (Å²) in [4.78, 5) is 0. The number of hydrogen-bond acceptors (Lipinski definition) is 4. The Hall–Kier alpha value is -1.73. The van der Waals surface area contributed by atoms with Gasteiger partial charge in [0, 0.05) is 12.7 Å². The van der Waals surface area contributed by atoms with Crippen molar-refractivity contribution in [2.24, 2.45) is 0 Å². The van der Waals surface area contributed by atoms with Gasteiger partial charge in [0.2, 0.25) is 0 Å². The van der Waals surface area contributed by atoms with Crippen molar-refractivity contribution in [2.45, 2.75) is 25.9 Å². The van der Waals surface area contributed by atoms with E-state index in [9.17, 15) is 0 Å².